The summed E-state index contributed by atoms with van der Waals surface area (Å²) in [5, 5.41) is 0.703. The standard InChI is InChI=1S/C15H14ClN3/c1-10(2)14-18-12-7-5-9-17-15(12)19(14)13-8-4-3-6-11(13)16/h3-10H,1-2H3. The molecule has 0 saturated carbocycles. The van der Waals surface area contributed by atoms with Crippen LogP contribution in [0.2, 0.25) is 5.02 Å². The van der Waals surface area contributed by atoms with E-state index in [2.05, 4.69) is 23.8 Å². The van der Waals surface area contributed by atoms with Crippen molar-refractivity contribution in [3.8, 4) is 5.69 Å². The molecule has 0 radical (unpaired) electrons. The lowest BCUT2D eigenvalue weighted by Crippen LogP contribution is -2.04. The van der Waals surface area contributed by atoms with Crippen molar-refractivity contribution in [3.63, 3.8) is 0 Å². The number of halogens is 1. The van der Waals surface area contributed by atoms with E-state index in [1.807, 2.05) is 41.0 Å². The maximum atomic E-state index is 6.32. The minimum absolute atomic E-state index is 0.297. The van der Waals surface area contributed by atoms with Gasteiger partial charge in [-0.05, 0) is 24.3 Å². The molecule has 0 N–H and O–H groups in total. The van der Waals surface area contributed by atoms with Gasteiger partial charge in [-0.1, -0.05) is 37.6 Å². The lowest BCUT2D eigenvalue weighted by Gasteiger charge is -2.12. The van der Waals surface area contributed by atoms with E-state index < -0.39 is 0 Å². The summed E-state index contributed by atoms with van der Waals surface area (Å²) in [4.78, 5) is 9.12. The lowest BCUT2D eigenvalue weighted by atomic mass is 10.2. The van der Waals surface area contributed by atoms with Gasteiger partial charge >= 0.3 is 0 Å². The second-order valence-electron chi connectivity index (χ2n) is 4.76. The molecule has 1 aromatic carbocycles. The Morgan fingerprint density at radius 3 is 2.63 bits per heavy atom. The molecule has 0 saturated heterocycles. The van der Waals surface area contributed by atoms with Crippen LogP contribution in [0, 0.1) is 0 Å². The molecule has 0 bridgehead atoms. The number of aromatic nitrogens is 3. The Kier molecular flexibility index (Phi) is 2.99. The Balaban J connectivity index is 2.38. The summed E-state index contributed by atoms with van der Waals surface area (Å²) in [5.41, 5.74) is 2.67. The Labute approximate surface area is 116 Å². The summed E-state index contributed by atoms with van der Waals surface area (Å²) in [6.07, 6.45) is 1.78. The zero-order chi connectivity index (χ0) is 13.4. The number of imidazole rings is 1. The lowest BCUT2D eigenvalue weighted by molar-refractivity contribution is 0.758. The van der Waals surface area contributed by atoms with Gasteiger partial charge in [0.25, 0.3) is 0 Å². The maximum absolute atomic E-state index is 6.32. The molecule has 19 heavy (non-hydrogen) atoms. The molecule has 0 aliphatic rings. The molecule has 3 rings (SSSR count). The van der Waals surface area contributed by atoms with Crippen molar-refractivity contribution in [2.45, 2.75) is 19.8 Å². The fourth-order valence-corrected chi connectivity index (χ4v) is 2.41. The first kappa shape index (κ1) is 12.2. The minimum Gasteiger partial charge on any atom is -0.279 e. The highest BCUT2D eigenvalue weighted by Gasteiger charge is 2.17. The van der Waals surface area contributed by atoms with Crippen molar-refractivity contribution >= 4 is 22.8 Å². The molecule has 0 amide bonds. The molecule has 0 atom stereocenters. The van der Waals surface area contributed by atoms with E-state index in [4.69, 9.17) is 11.6 Å². The molecule has 0 spiro atoms. The predicted octanol–water partition coefficient (Wildman–Crippen LogP) is 4.20. The van der Waals surface area contributed by atoms with Gasteiger partial charge in [0, 0.05) is 12.1 Å². The molecule has 0 aliphatic heterocycles. The van der Waals surface area contributed by atoms with Crippen molar-refractivity contribution in [2.75, 3.05) is 0 Å². The summed E-state index contributed by atoms with van der Waals surface area (Å²) >= 11 is 6.32. The minimum atomic E-state index is 0.297. The number of para-hydroxylation sites is 1. The third-order valence-corrected chi connectivity index (χ3v) is 3.37. The van der Waals surface area contributed by atoms with Gasteiger partial charge in [-0.25, -0.2) is 9.97 Å². The summed E-state index contributed by atoms with van der Waals surface area (Å²) in [6, 6.07) is 11.6. The molecule has 0 aliphatic carbocycles. The summed E-state index contributed by atoms with van der Waals surface area (Å²) in [7, 11) is 0. The largest absolute Gasteiger partial charge is 0.279 e. The van der Waals surface area contributed by atoms with Crippen LogP contribution in [0.4, 0.5) is 0 Å². The molecular weight excluding hydrogens is 258 g/mol. The van der Waals surface area contributed by atoms with E-state index in [-0.39, 0.29) is 0 Å². The topological polar surface area (TPSA) is 30.7 Å². The van der Waals surface area contributed by atoms with Crippen molar-refractivity contribution in [1.82, 2.24) is 14.5 Å². The molecule has 0 fully saturated rings. The number of pyridine rings is 1. The van der Waals surface area contributed by atoms with Gasteiger partial charge in [0.05, 0.1) is 10.7 Å². The van der Waals surface area contributed by atoms with Gasteiger partial charge in [-0.3, -0.25) is 4.57 Å². The van der Waals surface area contributed by atoms with Crippen LogP contribution in [0.3, 0.4) is 0 Å². The average Bonchev–Trinajstić information content (AvgIpc) is 2.79. The van der Waals surface area contributed by atoms with Crippen LogP contribution in [0.15, 0.2) is 42.6 Å². The van der Waals surface area contributed by atoms with Gasteiger partial charge in [0.2, 0.25) is 0 Å². The first-order valence-corrected chi connectivity index (χ1v) is 6.64. The molecule has 3 aromatic rings. The van der Waals surface area contributed by atoms with Gasteiger partial charge < -0.3 is 0 Å². The first-order chi connectivity index (χ1) is 9.18. The van der Waals surface area contributed by atoms with E-state index in [0.29, 0.717) is 10.9 Å². The van der Waals surface area contributed by atoms with Crippen LogP contribution in [-0.2, 0) is 0 Å². The van der Waals surface area contributed by atoms with Crippen LogP contribution in [-0.4, -0.2) is 14.5 Å². The maximum Gasteiger partial charge on any atom is 0.164 e. The SMILES string of the molecule is CC(C)c1nc2cccnc2n1-c1ccccc1Cl. The molecule has 4 heteroatoms. The number of hydrogen-bond acceptors (Lipinski definition) is 2. The van der Waals surface area contributed by atoms with Crippen LogP contribution >= 0.6 is 11.6 Å². The highest BCUT2D eigenvalue weighted by molar-refractivity contribution is 6.32. The highest BCUT2D eigenvalue weighted by Crippen LogP contribution is 2.28. The number of rotatable bonds is 2. The molecule has 2 heterocycles. The number of nitrogens with zero attached hydrogens (tertiary/aromatic N) is 3. The molecule has 0 unspecified atom stereocenters. The molecular formula is C15H14ClN3. The number of fused-ring (bicyclic) bond motifs is 1. The van der Waals surface area contributed by atoms with E-state index in [1.165, 1.54) is 0 Å². The summed E-state index contributed by atoms with van der Waals surface area (Å²) in [6.45, 7) is 4.24. The second kappa shape index (κ2) is 4.67. The van der Waals surface area contributed by atoms with Gasteiger partial charge in [-0.15, -0.1) is 0 Å². The van der Waals surface area contributed by atoms with Crippen molar-refractivity contribution in [3.05, 3.63) is 53.4 Å². The smallest absolute Gasteiger partial charge is 0.164 e. The normalized spacial score (nSPS) is 11.4. The van der Waals surface area contributed by atoms with Gasteiger partial charge in [-0.2, -0.15) is 0 Å². The third kappa shape index (κ3) is 2.00. The Morgan fingerprint density at radius 1 is 1.11 bits per heavy atom. The Morgan fingerprint density at radius 2 is 1.89 bits per heavy atom. The molecule has 3 nitrogen and oxygen atoms in total. The highest BCUT2D eigenvalue weighted by atomic mass is 35.5. The molecule has 96 valence electrons. The van der Waals surface area contributed by atoms with E-state index in [1.54, 1.807) is 6.20 Å². The van der Waals surface area contributed by atoms with E-state index >= 15 is 0 Å². The van der Waals surface area contributed by atoms with Crippen molar-refractivity contribution in [1.29, 1.82) is 0 Å². The quantitative estimate of drug-likeness (QED) is 0.699. The fourth-order valence-electron chi connectivity index (χ4n) is 2.19. The van der Waals surface area contributed by atoms with Crippen molar-refractivity contribution in [2.24, 2.45) is 0 Å². The Hall–Kier alpha value is -1.87. The van der Waals surface area contributed by atoms with Crippen molar-refractivity contribution < 1.29 is 0 Å². The van der Waals surface area contributed by atoms with E-state index in [0.717, 1.165) is 22.7 Å². The van der Waals surface area contributed by atoms with Crippen LogP contribution in [0.1, 0.15) is 25.6 Å². The number of benzene rings is 1. The fraction of sp³-hybridized carbons (Fsp3) is 0.200. The Bertz CT molecular complexity index is 731. The van der Waals surface area contributed by atoms with Crippen LogP contribution in [0.25, 0.3) is 16.9 Å². The van der Waals surface area contributed by atoms with Crippen LogP contribution < -0.4 is 0 Å². The summed E-state index contributed by atoms with van der Waals surface area (Å²) in [5.74, 6) is 1.27. The van der Waals surface area contributed by atoms with Crippen LogP contribution in [0.5, 0.6) is 0 Å². The third-order valence-electron chi connectivity index (χ3n) is 3.05. The molecule has 2 aromatic heterocycles. The first-order valence-electron chi connectivity index (χ1n) is 6.26. The predicted molar refractivity (Wildman–Crippen MR) is 78.0 cm³/mol. The zero-order valence-electron chi connectivity index (χ0n) is 10.8. The average molecular weight is 272 g/mol. The van der Waals surface area contributed by atoms with Gasteiger partial charge in [0.15, 0.2) is 5.65 Å². The summed E-state index contributed by atoms with van der Waals surface area (Å²) < 4.78 is 2.04. The number of hydrogen-bond donors (Lipinski definition) is 0. The second-order valence-corrected chi connectivity index (χ2v) is 5.16. The zero-order valence-corrected chi connectivity index (χ0v) is 11.6. The van der Waals surface area contributed by atoms with E-state index in [9.17, 15) is 0 Å². The monoisotopic (exact) mass is 271 g/mol. The van der Waals surface area contributed by atoms with Gasteiger partial charge in [0.1, 0.15) is 11.3 Å².